The quantitative estimate of drug-likeness (QED) is 0.392. The number of alkyl carbamates (subject to hydrolysis) is 1. The van der Waals surface area contributed by atoms with Crippen LogP contribution in [0.4, 0.5) is 9.59 Å². The first-order chi connectivity index (χ1) is 16.9. The predicted molar refractivity (Wildman–Crippen MR) is 132 cm³/mol. The second-order valence-corrected chi connectivity index (χ2v) is 8.40. The number of methoxy groups -OCH3 is 1. The Balaban J connectivity index is 1.50. The standard InChI is InChI=1S/C25H33N5O5/c1-4-5-6-7-10-26-25(33)35-20-8-11-30(12-9-20)24(32)28-21(23(31)34-3)15-18-13-17(2)22-19(14-18)16-27-29-22/h4-7,13-14,16,20-21H,8-12,15H2,1-3H3,(H,26,33)(H,27,29)(H,28,32)/b5-4-,7-6-. The maximum absolute atomic E-state index is 12.9. The molecular formula is C25H33N5O5. The zero-order valence-corrected chi connectivity index (χ0v) is 20.4. The molecule has 0 radical (unpaired) electrons. The topological polar surface area (TPSA) is 126 Å². The molecule has 2 aromatic rings. The first-order valence-electron chi connectivity index (χ1n) is 11.7. The van der Waals surface area contributed by atoms with E-state index < -0.39 is 18.1 Å². The second kappa shape index (κ2) is 12.6. The number of H-pyrrole nitrogens is 1. The molecule has 0 aliphatic carbocycles. The lowest BCUT2D eigenvalue weighted by Crippen LogP contribution is -2.52. The van der Waals surface area contributed by atoms with Crippen LogP contribution in [-0.2, 0) is 20.7 Å². The van der Waals surface area contributed by atoms with Crippen LogP contribution < -0.4 is 10.6 Å². The molecule has 1 aromatic heterocycles. The number of aryl methyl sites for hydroxylation is 1. The van der Waals surface area contributed by atoms with Gasteiger partial charge in [-0.1, -0.05) is 30.4 Å². The molecule has 3 N–H and O–H groups in total. The number of allylic oxidation sites excluding steroid dienone is 3. The Labute approximate surface area is 204 Å². The largest absolute Gasteiger partial charge is 0.467 e. The molecule has 1 atom stereocenters. The van der Waals surface area contributed by atoms with E-state index in [1.54, 1.807) is 11.1 Å². The molecule has 2 heterocycles. The molecule has 10 nitrogen and oxygen atoms in total. The summed E-state index contributed by atoms with van der Waals surface area (Å²) in [6, 6.07) is 2.73. The highest BCUT2D eigenvalue weighted by Crippen LogP contribution is 2.20. The van der Waals surface area contributed by atoms with Gasteiger partial charge >= 0.3 is 18.1 Å². The van der Waals surface area contributed by atoms with Crippen LogP contribution in [0.1, 0.15) is 30.9 Å². The number of nitrogens with zero attached hydrogens (tertiary/aromatic N) is 2. The number of benzene rings is 1. The number of rotatable bonds is 8. The predicted octanol–water partition coefficient (Wildman–Crippen LogP) is 2.99. The Hall–Kier alpha value is -3.82. The van der Waals surface area contributed by atoms with Crippen molar-refractivity contribution in [1.29, 1.82) is 0 Å². The minimum absolute atomic E-state index is 0.264. The molecule has 1 unspecified atom stereocenters. The van der Waals surface area contributed by atoms with Gasteiger partial charge in [0, 0.05) is 44.3 Å². The maximum Gasteiger partial charge on any atom is 0.407 e. The molecule has 3 rings (SSSR count). The molecule has 0 bridgehead atoms. The van der Waals surface area contributed by atoms with Crippen LogP contribution in [0.2, 0.25) is 0 Å². The minimum atomic E-state index is -0.827. The monoisotopic (exact) mass is 483 g/mol. The number of esters is 1. The molecule has 3 amide bonds. The third-order valence-corrected chi connectivity index (χ3v) is 5.84. The summed E-state index contributed by atoms with van der Waals surface area (Å²) < 4.78 is 10.4. The Kier molecular flexibility index (Phi) is 9.28. The van der Waals surface area contributed by atoms with Crippen LogP contribution in [0.3, 0.4) is 0 Å². The number of amides is 3. The molecule has 1 saturated heterocycles. The first kappa shape index (κ1) is 25.8. The van der Waals surface area contributed by atoms with Crippen molar-refractivity contribution in [3.63, 3.8) is 0 Å². The summed E-state index contributed by atoms with van der Waals surface area (Å²) in [5.74, 6) is -0.512. The van der Waals surface area contributed by atoms with Crippen molar-refractivity contribution in [3.8, 4) is 0 Å². The van der Waals surface area contributed by atoms with Crippen molar-refractivity contribution in [2.45, 2.75) is 45.3 Å². The Bertz CT molecular complexity index is 1090. The molecule has 1 aliphatic rings. The molecular weight excluding hydrogens is 450 g/mol. The van der Waals surface area contributed by atoms with Gasteiger partial charge in [0.05, 0.1) is 18.8 Å². The SMILES string of the molecule is C/C=C\C=C/CNC(=O)OC1CCN(C(=O)NC(Cc2cc(C)c3[nH]ncc3c2)C(=O)OC)CC1. The Morgan fingerprint density at radius 2 is 2.03 bits per heavy atom. The fourth-order valence-corrected chi connectivity index (χ4v) is 4.01. The minimum Gasteiger partial charge on any atom is -0.467 e. The zero-order chi connectivity index (χ0) is 25.2. The van der Waals surface area contributed by atoms with E-state index >= 15 is 0 Å². The number of likely N-dealkylation sites (tertiary alicyclic amines) is 1. The molecule has 35 heavy (non-hydrogen) atoms. The fraction of sp³-hybridized carbons (Fsp3) is 0.440. The smallest absolute Gasteiger partial charge is 0.407 e. The number of piperidine rings is 1. The first-order valence-corrected chi connectivity index (χ1v) is 11.7. The summed E-state index contributed by atoms with van der Waals surface area (Å²) in [5.41, 5.74) is 2.84. The summed E-state index contributed by atoms with van der Waals surface area (Å²) in [7, 11) is 1.30. The lowest BCUT2D eigenvalue weighted by atomic mass is 10.0. The second-order valence-electron chi connectivity index (χ2n) is 8.40. The summed E-state index contributed by atoms with van der Waals surface area (Å²) in [6.45, 7) is 5.09. The van der Waals surface area contributed by atoms with Crippen LogP contribution in [0, 0.1) is 6.92 Å². The highest BCUT2D eigenvalue weighted by molar-refractivity contribution is 5.85. The molecule has 0 spiro atoms. The number of ether oxygens (including phenoxy) is 2. The van der Waals surface area contributed by atoms with Gasteiger partial charge in [-0.05, 0) is 31.0 Å². The summed E-state index contributed by atoms with van der Waals surface area (Å²) >= 11 is 0. The Morgan fingerprint density at radius 3 is 2.74 bits per heavy atom. The van der Waals surface area contributed by atoms with Gasteiger partial charge in [0.2, 0.25) is 0 Å². The number of aromatic nitrogens is 2. The summed E-state index contributed by atoms with van der Waals surface area (Å²) in [6.07, 6.45) is 9.76. The summed E-state index contributed by atoms with van der Waals surface area (Å²) in [5, 5.41) is 13.4. The van der Waals surface area contributed by atoms with Crippen LogP contribution in [0.15, 0.2) is 42.6 Å². The number of carbonyl (C=O) groups excluding carboxylic acids is 3. The van der Waals surface area contributed by atoms with Crippen LogP contribution in [-0.4, -0.2) is 72.1 Å². The fourth-order valence-electron chi connectivity index (χ4n) is 4.01. The number of fused-ring (bicyclic) bond motifs is 1. The van der Waals surface area contributed by atoms with Gasteiger partial charge in [-0.3, -0.25) is 5.10 Å². The van der Waals surface area contributed by atoms with E-state index in [1.165, 1.54) is 7.11 Å². The van der Waals surface area contributed by atoms with Crippen molar-refractivity contribution < 1.29 is 23.9 Å². The van der Waals surface area contributed by atoms with E-state index in [-0.39, 0.29) is 12.1 Å². The summed E-state index contributed by atoms with van der Waals surface area (Å²) in [4.78, 5) is 38.8. The van der Waals surface area contributed by atoms with Gasteiger partial charge in [0.25, 0.3) is 0 Å². The van der Waals surface area contributed by atoms with Gasteiger partial charge in [0.15, 0.2) is 0 Å². The van der Waals surface area contributed by atoms with E-state index in [4.69, 9.17) is 9.47 Å². The van der Waals surface area contributed by atoms with Gasteiger partial charge in [0.1, 0.15) is 12.1 Å². The van der Waals surface area contributed by atoms with E-state index in [0.29, 0.717) is 38.9 Å². The zero-order valence-electron chi connectivity index (χ0n) is 20.4. The lowest BCUT2D eigenvalue weighted by molar-refractivity contribution is -0.142. The van der Waals surface area contributed by atoms with E-state index in [9.17, 15) is 14.4 Å². The molecule has 188 valence electrons. The molecule has 1 fully saturated rings. The maximum atomic E-state index is 12.9. The van der Waals surface area contributed by atoms with Crippen molar-refractivity contribution in [2.75, 3.05) is 26.7 Å². The van der Waals surface area contributed by atoms with Crippen LogP contribution in [0.25, 0.3) is 10.9 Å². The highest BCUT2D eigenvalue weighted by atomic mass is 16.6. The number of aromatic amines is 1. The third kappa shape index (κ3) is 7.33. The molecule has 1 aromatic carbocycles. The van der Waals surface area contributed by atoms with Crippen molar-refractivity contribution >= 4 is 29.0 Å². The van der Waals surface area contributed by atoms with Gasteiger partial charge < -0.3 is 25.0 Å². The normalized spacial score (nSPS) is 15.5. The van der Waals surface area contributed by atoms with E-state index in [0.717, 1.165) is 22.0 Å². The average Bonchev–Trinajstić information content (AvgIpc) is 3.33. The highest BCUT2D eigenvalue weighted by Gasteiger charge is 2.29. The number of nitrogens with one attached hydrogen (secondary N) is 3. The Morgan fingerprint density at radius 1 is 1.26 bits per heavy atom. The molecule has 1 aliphatic heterocycles. The van der Waals surface area contributed by atoms with Gasteiger partial charge in [-0.25, -0.2) is 14.4 Å². The number of hydrogen-bond donors (Lipinski definition) is 3. The number of urea groups is 1. The van der Waals surface area contributed by atoms with Gasteiger partial charge in [-0.15, -0.1) is 0 Å². The van der Waals surface area contributed by atoms with E-state index in [2.05, 4.69) is 20.8 Å². The number of hydrogen-bond acceptors (Lipinski definition) is 6. The van der Waals surface area contributed by atoms with Crippen molar-refractivity contribution in [3.05, 3.63) is 53.8 Å². The average molecular weight is 484 g/mol. The lowest BCUT2D eigenvalue weighted by Gasteiger charge is -2.32. The number of carbonyl (C=O) groups is 3. The molecule has 10 heteroatoms. The molecule has 0 saturated carbocycles. The van der Waals surface area contributed by atoms with Crippen molar-refractivity contribution in [2.24, 2.45) is 0 Å². The van der Waals surface area contributed by atoms with Gasteiger partial charge in [-0.2, -0.15) is 5.10 Å². The van der Waals surface area contributed by atoms with E-state index in [1.807, 2.05) is 50.3 Å². The van der Waals surface area contributed by atoms with Crippen molar-refractivity contribution in [1.82, 2.24) is 25.7 Å². The third-order valence-electron chi connectivity index (χ3n) is 5.84. The van der Waals surface area contributed by atoms with Crippen LogP contribution >= 0.6 is 0 Å². The van der Waals surface area contributed by atoms with Crippen LogP contribution in [0.5, 0.6) is 0 Å².